The first kappa shape index (κ1) is 8.39. The Morgan fingerprint density at radius 3 is 2.50 bits per heavy atom. The van der Waals surface area contributed by atoms with Gasteiger partial charge in [-0.15, -0.1) is 0 Å². The van der Waals surface area contributed by atoms with Crippen LogP contribution in [0, 0.1) is 0 Å². The SMILES string of the molecule is CN(C(N)=O)c1ccccc1N. The van der Waals surface area contributed by atoms with Crippen molar-refractivity contribution in [2.75, 3.05) is 17.7 Å². The highest BCUT2D eigenvalue weighted by atomic mass is 16.2. The van der Waals surface area contributed by atoms with Gasteiger partial charge < -0.3 is 11.5 Å². The lowest BCUT2D eigenvalue weighted by Crippen LogP contribution is -2.32. The molecule has 0 aliphatic heterocycles. The molecule has 0 aliphatic carbocycles. The number of carbonyl (C=O) groups excluding carboxylic acids is 1. The maximum atomic E-state index is 10.7. The first-order chi connectivity index (χ1) is 5.63. The average molecular weight is 165 g/mol. The molecule has 0 saturated carbocycles. The number of rotatable bonds is 1. The van der Waals surface area contributed by atoms with E-state index in [0.29, 0.717) is 11.4 Å². The van der Waals surface area contributed by atoms with Crippen molar-refractivity contribution in [3.63, 3.8) is 0 Å². The van der Waals surface area contributed by atoms with Crippen LogP contribution in [0.2, 0.25) is 0 Å². The lowest BCUT2D eigenvalue weighted by atomic mass is 10.2. The molecule has 4 N–H and O–H groups in total. The van der Waals surface area contributed by atoms with Crippen molar-refractivity contribution < 1.29 is 4.79 Å². The molecular formula is C8H11N3O. The van der Waals surface area contributed by atoms with Crippen LogP contribution in [0.3, 0.4) is 0 Å². The van der Waals surface area contributed by atoms with E-state index in [1.807, 2.05) is 0 Å². The van der Waals surface area contributed by atoms with Crippen LogP contribution in [0.15, 0.2) is 24.3 Å². The molecule has 1 aromatic rings. The maximum Gasteiger partial charge on any atom is 0.319 e. The molecule has 64 valence electrons. The summed E-state index contributed by atoms with van der Waals surface area (Å²) in [6, 6.07) is 6.53. The van der Waals surface area contributed by atoms with Gasteiger partial charge in [-0.25, -0.2) is 4.79 Å². The summed E-state index contributed by atoms with van der Waals surface area (Å²) in [4.78, 5) is 12.0. The summed E-state index contributed by atoms with van der Waals surface area (Å²) in [6.45, 7) is 0. The number of primary amides is 1. The lowest BCUT2D eigenvalue weighted by molar-refractivity contribution is 0.255. The van der Waals surface area contributed by atoms with E-state index < -0.39 is 6.03 Å². The highest BCUT2D eigenvalue weighted by Crippen LogP contribution is 2.20. The molecule has 0 fully saturated rings. The highest BCUT2D eigenvalue weighted by molar-refractivity contribution is 5.93. The normalized spacial score (nSPS) is 9.42. The van der Waals surface area contributed by atoms with Gasteiger partial charge in [-0.05, 0) is 12.1 Å². The van der Waals surface area contributed by atoms with Gasteiger partial charge in [0.25, 0.3) is 0 Å². The van der Waals surface area contributed by atoms with E-state index in [2.05, 4.69) is 0 Å². The standard InChI is InChI=1S/C8H11N3O/c1-11(8(10)12)7-5-3-2-4-6(7)9/h2-5H,9H2,1H3,(H2,10,12). The van der Waals surface area contributed by atoms with Crippen LogP contribution in [0.4, 0.5) is 16.2 Å². The number of hydrogen-bond acceptors (Lipinski definition) is 2. The highest BCUT2D eigenvalue weighted by Gasteiger charge is 2.07. The molecule has 4 nitrogen and oxygen atoms in total. The van der Waals surface area contributed by atoms with Gasteiger partial charge in [-0.1, -0.05) is 12.1 Å². The van der Waals surface area contributed by atoms with Gasteiger partial charge in [-0.3, -0.25) is 4.90 Å². The number of para-hydroxylation sites is 2. The number of nitrogen functional groups attached to an aromatic ring is 1. The Bertz CT molecular complexity index is 298. The molecule has 12 heavy (non-hydrogen) atoms. The minimum Gasteiger partial charge on any atom is -0.397 e. The molecular weight excluding hydrogens is 154 g/mol. The van der Waals surface area contributed by atoms with E-state index in [1.165, 1.54) is 4.90 Å². The van der Waals surface area contributed by atoms with E-state index in [4.69, 9.17) is 11.5 Å². The van der Waals surface area contributed by atoms with Crippen LogP contribution in [0.1, 0.15) is 0 Å². The lowest BCUT2D eigenvalue weighted by Gasteiger charge is -2.15. The van der Waals surface area contributed by atoms with Crippen molar-refractivity contribution in [1.82, 2.24) is 0 Å². The summed E-state index contributed by atoms with van der Waals surface area (Å²) in [6.07, 6.45) is 0. The summed E-state index contributed by atoms with van der Waals surface area (Å²) in [5.41, 5.74) is 11.8. The first-order valence-corrected chi connectivity index (χ1v) is 3.50. The molecule has 0 aliphatic rings. The fourth-order valence-corrected chi connectivity index (χ4v) is 0.912. The fraction of sp³-hybridized carbons (Fsp3) is 0.125. The molecule has 0 unspecified atom stereocenters. The molecule has 1 rings (SSSR count). The zero-order valence-electron chi connectivity index (χ0n) is 6.82. The van der Waals surface area contributed by atoms with Gasteiger partial charge >= 0.3 is 6.03 Å². The molecule has 2 amide bonds. The Labute approximate surface area is 70.8 Å². The third-order valence-corrected chi connectivity index (χ3v) is 1.63. The molecule has 0 bridgehead atoms. The molecule has 0 atom stereocenters. The predicted molar refractivity (Wildman–Crippen MR) is 48.8 cm³/mol. The molecule has 0 aromatic heterocycles. The van der Waals surface area contributed by atoms with Crippen LogP contribution in [0.25, 0.3) is 0 Å². The van der Waals surface area contributed by atoms with Crippen LogP contribution in [-0.4, -0.2) is 13.1 Å². The number of nitrogens with two attached hydrogens (primary N) is 2. The molecule has 4 heteroatoms. The van der Waals surface area contributed by atoms with Gasteiger partial charge in [0, 0.05) is 7.05 Å². The average Bonchev–Trinajstić information content (AvgIpc) is 2.04. The van der Waals surface area contributed by atoms with Gasteiger partial charge in [0.15, 0.2) is 0 Å². The van der Waals surface area contributed by atoms with Gasteiger partial charge in [-0.2, -0.15) is 0 Å². The summed E-state index contributed by atoms with van der Waals surface area (Å²) in [5, 5.41) is 0. The smallest absolute Gasteiger partial charge is 0.319 e. The van der Waals surface area contributed by atoms with Gasteiger partial charge in [0.2, 0.25) is 0 Å². The largest absolute Gasteiger partial charge is 0.397 e. The Balaban J connectivity index is 3.02. The van der Waals surface area contributed by atoms with Crippen LogP contribution in [-0.2, 0) is 0 Å². The number of anilines is 2. The zero-order chi connectivity index (χ0) is 9.14. The second-order valence-corrected chi connectivity index (χ2v) is 2.46. The van der Waals surface area contributed by atoms with Crippen molar-refractivity contribution in [3.05, 3.63) is 24.3 Å². The second-order valence-electron chi connectivity index (χ2n) is 2.46. The van der Waals surface area contributed by atoms with Gasteiger partial charge in [0.05, 0.1) is 11.4 Å². The molecule has 0 saturated heterocycles. The Hall–Kier alpha value is -1.71. The van der Waals surface area contributed by atoms with Crippen LogP contribution < -0.4 is 16.4 Å². The van der Waals surface area contributed by atoms with Crippen molar-refractivity contribution in [3.8, 4) is 0 Å². The molecule has 0 spiro atoms. The van der Waals surface area contributed by atoms with Crippen LogP contribution >= 0.6 is 0 Å². The van der Waals surface area contributed by atoms with Crippen LogP contribution in [0.5, 0.6) is 0 Å². The molecule has 0 radical (unpaired) electrons. The van der Waals surface area contributed by atoms with Crippen molar-refractivity contribution >= 4 is 17.4 Å². The predicted octanol–water partition coefficient (Wildman–Crippen LogP) is 0.784. The number of hydrogen-bond donors (Lipinski definition) is 2. The topological polar surface area (TPSA) is 72.3 Å². The van der Waals surface area contributed by atoms with E-state index >= 15 is 0 Å². The minimum atomic E-state index is -0.520. The summed E-state index contributed by atoms with van der Waals surface area (Å²) < 4.78 is 0. The van der Waals surface area contributed by atoms with E-state index in [0.717, 1.165) is 0 Å². The monoisotopic (exact) mass is 165 g/mol. The number of benzene rings is 1. The van der Waals surface area contributed by atoms with Gasteiger partial charge in [0.1, 0.15) is 0 Å². The maximum absolute atomic E-state index is 10.7. The van der Waals surface area contributed by atoms with E-state index in [-0.39, 0.29) is 0 Å². The second kappa shape index (κ2) is 3.13. The Kier molecular flexibility index (Phi) is 2.19. The van der Waals surface area contributed by atoms with E-state index in [9.17, 15) is 4.79 Å². The quantitative estimate of drug-likeness (QED) is 0.603. The molecule has 1 aromatic carbocycles. The van der Waals surface area contributed by atoms with Crippen molar-refractivity contribution in [2.24, 2.45) is 5.73 Å². The van der Waals surface area contributed by atoms with Crippen molar-refractivity contribution in [2.45, 2.75) is 0 Å². The summed E-state index contributed by atoms with van der Waals surface area (Å²) >= 11 is 0. The summed E-state index contributed by atoms with van der Waals surface area (Å²) in [7, 11) is 1.58. The minimum absolute atomic E-state index is 0.520. The Morgan fingerprint density at radius 2 is 2.00 bits per heavy atom. The Morgan fingerprint density at radius 1 is 1.42 bits per heavy atom. The third-order valence-electron chi connectivity index (χ3n) is 1.63. The number of carbonyl (C=O) groups is 1. The summed E-state index contributed by atoms with van der Waals surface area (Å²) in [5.74, 6) is 0. The number of amides is 2. The zero-order valence-corrected chi connectivity index (χ0v) is 6.82. The number of nitrogens with zero attached hydrogens (tertiary/aromatic N) is 1. The first-order valence-electron chi connectivity index (χ1n) is 3.50. The fourth-order valence-electron chi connectivity index (χ4n) is 0.912. The van der Waals surface area contributed by atoms with E-state index in [1.54, 1.807) is 31.3 Å². The van der Waals surface area contributed by atoms with Crippen molar-refractivity contribution in [1.29, 1.82) is 0 Å². The number of urea groups is 1. The molecule has 0 heterocycles. The third kappa shape index (κ3) is 1.47.